The Kier molecular flexibility index (Phi) is 3.98. The number of hydrogen-bond acceptors (Lipinski definition) is 6. The first-order chi connectivity index (χ1) is 8.63. The van der Waals surface area contributed by atoms with Gasteiger partial charge in [0.15, 0.2) is 0 Å². The predicted octanol–water partition coefficient (Wildman–Crippen LogP) is 0.994. The Hall–Kier alpha value is -1.40. The Labute approximate surface area is 108 Å². The highest BCUT2D eigenvalue weighted by molar-refractivity contribution is 5.58. The SMILES string of the molecule is Cc1nc(NN)c(C)c(N(C)C2CCOCC2)n1. The second kappa shape index (κ2) is 5.49. The molecule has 1 aliphatic heterocycles. The van der Waals surface area contributed by atoms with Gasteiger partial charge < -0.3 is 15.1 Å². The lowest BCUT2D eigenvalue weighted by molar-refractivity contribution is 0.0853. The number of nitrogens with one attached hydrogen (secondary N) is 1. The van der Waals surface area contributed by atoms with Gasteiger partial charge in [-0.15, -0.1) is 0 Å². The van der Waals surface area contributed by atoms with Gasteiger partial charge in [-0.05, 0) is 26.7 Å². The van der Waals surface area contributed by atoms with Crippen LogP contribution in [0.1, 0.15) is 24.2 Å². The number of nitrogens with two attached hydrogens (primary N) is 1. The Morgan fingerprint density at radius 2 is 1.94 bits per heavy atom. The lowest BCUT2D eigenvalue weighted by atomic mass is 10.1. The van der Waals surface area contributed by atoms with Gasteiger partial charge in [0.1, 0.15) is 17.5 Å². The summed E-state index contributed by atoms with van der Waals surface area (Å²) in [5.74, 6) is 7.85. The van der Waals surface area contributed by atoms with Crippen LogP contribution in [0.5, 0.6) is 0 Å². The van der Waals surface area contributed by atoms with Crippen molar-refractivity contribution in [3.8, 4) is 0 Å². The zero-order valence-corrected chi connectivity index (χ0v) is 11.2. The minimum atomic E-state index is 0.470. The fourth-order valence-corrected chi connectivity index (χ4v) is 2.34. The number of nitrogen functional groups attached to an aromatic ring is 1. The molecule has 0 saturated carbocycles. The first-order valence-electron chi connectivity index (χ1n) is 6.26. The van der Waals surface area contributed by atoms with E-state index >= 15 is 0 Å². The second-order valence-electron chi connectivity index (χ2n) is 4.67. The first kappa shape index (κ1) is 13.0. The molecule has 0 unspecified atom stereocenters. The molecule has 0 spiro atoms. The maximum Gasteiger partial charge on any atom is 0.148 e. The maximum absolute atomic E-state index is 5.49. The smallest absolute Gasteiger partial charge is 0.148 e. The molecule has 0 bridgehead atoms. The summed E-state index contributed by atoms with van der Waals surface area (Å²) in [5.41, 5.74) is 3.62. The van der Waals surface area contributed by atoms with E-state index < -0.39 is 0 Å². The average molecular weight is 251 g/mol. The quantitative estimate of drug-likeness (QED) is 0.616. The zero-order valence-electron chi connectivity index (χ0n) is 11.2. The summed E-state index contributed by atoms with van der Waals surface area (Å²) < 4.78 is 5.39. The van der Waals surface area contributed by atoms with E-state index in [1.165, 1.54) is 0 Å². The van der Waals surface area contributed by atoms with Crippen LogP contribution < -0.4 is 16.2 Å². The van der Waals surface area contributed by atoms with Crippen molar-refractivity contribution in [3.63, 3.8) is 0 Å². The van der Waals surface area contributed by atoms with Gasteiger partial charge in [0.2, 0.25) is 0 Å². The molecule has 1 aromatic rings. The van der Waals surface area contributed by atoms with E-state index in [0.29, 0.717) is 11.9 Å². The topological polar surface area (TPSA) is 76.3 Å². The Bertz CT molecular complexity index is 417. The lowest BCUT2D eigenvalue weighted by Gasteiger charge is -2.33. The van der Waals surface area contributed by atoms with Gasteiger partial charge >= 0.3 is 0 Å². The van der Waals surface area contributed by atoms with E-state index in [4.69, 9.17) is 10.6 Å². The van der Waals surface area contributed by atoms with Crippen LogP contribution >= 0.6 is 0 Å². The summed E-state index contributed by atoms with van der Waals surface area (Å²) in [6.07, 6.45) is 2.06. The zero-order chi connectivity index (χ0) is 13.1. The molecule has 0 amide bonds. The van der Waals surface area contributed by atoms with E-state index in [2.05, 4.69) is 27.3 Å². The van der Waals surface area contributed by atoms with Crippen LogP contribution in [0.3, 0.4) is 0 Å². The molecule has 0 aliphatic carbocycles. The molecule has 3 N–H and O–H groups in total. The molecule has 6 heteroatoms. The average Bonchev–Trinajstić information content (AvgIpc) is 2.41. The van der Waals surface area contributed by atoms with Crippen LogP contribution in [0, 0.1) is 13.8 Å². The van der Waals surface area contributed by atoms with Gasteiger partial charge in [0, 0.05) is 31.9 Å². The molecule has 2 rings (SSSR count). The first-order valence-corrected chi connectivity index (χ1v) is 6.26. The number of anilines is 2. The summed E-state index contributed by atoms with van der Waals surface area (Å²) in [7, 11) is 2.07. The number of aromatic nitrogens is 2. The van der Waals surface area contributed by atoms with E-state index in [-0.39, 0.29) is 0 Å². The van der Waals surface area contributed by atoms with Gasteiger partial charge in [0.05, 0.1) is 0 Å². The van der Waals surface area contributed by atoms with E-state index in [1.807, 2.05) is 13.8 Å². The molecule has 0 radical (unpaired) electrons. The number of rotatable bonds is 3. The number of nitrogens with zero attached hydrogens (tertiary/aromatic N) is 3. The number of aryl methyl sites for hydroxylation is 1. The third-order valence-corrected chi connectivity index (χ3v) is 3.44. The Balaban J connectivity index is 2.28. The molecule has 2 heterocycles. The molecule has 0 atom stereocenters. The van der Waals surface area contributed by atoms with Crippen LogP contribution in [-0.4, -0.2) is 36.3 Å². The standard InChI is InChI=1S/C12H21N5O/c1-8-11(16-13)14-9(2)15-12(8)17(3)10-4-6-18-7-5-10/h10H,4-7,13H2,1-3H3,(H,14,15,16). The van der Waals surface area contributed by atoms with Gasteiger partial charge in [-0.1, -0.05) is 0 Å². The highest BCUT2D eigenvalue weighted by atomic mass is 16.5. The summed E-state index contributed by atoms with van der Waals surface area (Å²) in [5, 5.41) is 0. The minimum Gasteiger partial charge on any atom is -0.381 e. The van der Waals surface area contributed by atoms with Crippen molar-refractivity contribution in [2.75, 3.05) is 30.6 Å². The molecule has 0 aromatic carbocycles. The number of ether oxygens (including phenoxy) is 1. The van der Waals surface area contributed by atoms with Crippen LogP contribution in [0.4, 0.5) is 11.6 Å². The van der Waals surface area contributed by atoms with Crippen LogP contribution in [0.15, 0.2) is 0 Å². The van der Waals surface area contributed by atoms with E-state index in [0.717, 1.165) is 43.3 Å². The maximum atomic E-state index is 5.49. The monoisotopic (exact) mass is 251 g/mol. The fourth-order valence-electron chi connectivity index (χ4n) is 2.34. The fraction of sp³-hybridized carbons (Fsp3) is 0.667. The summed E-state index contributed by atoms with van der Waals surface area (Å²) >= 11 is 0. The molecule has 1 aromatic heterocycles. The molecule has 1 aliphatic rings. The molecule has 6 nitrogen and oxygen atoms in total. The van der Waals surface area contributed by atoms with Crippen molar-refractivity contribution in [2.24, 2.45) is 5.84 Å². The normalized spacial score (nSPS) is 16.7. The predicted molar refractivity (Wildman–Crippen MR) is 71.6 cm³/mol. The Morgan fingerprint density at radius 3 is 2.56 bits per heavy atom. The minimum absolute atomic E-state index is 0.470. The van der Waals surface area contributed by atoms with E-state index in [1.54, 1.807) is 0 Å². The van der Waals surface area contributed by atoms with Gasteiger partial charge in [-0.2, -0.15) is 0 Å². The van der Waals surface area contributed by atoms with Crippen molar-refractivity contribution < 1.29 is 4.74 Å². The van der Waals surface area contributed by atoms with Gasteiger partial charge in [-0.3, -0.25) is 0 Å². The highest BCUT2D eigenvalue weighted by Gasteiger charge is 2.22. The largest absolute Gasteiger partial charge is 0.381 e. The van der Waals surface area contributed by atoms with Crippen molar-refractivity contribution in [1.82, 2.24) is 9.97 Å². The lowest BCUT2D eigenvalue weighted by Crippen LogP contribution is -2.37. The second-order valence-corrected chi connectivity index (χ2v) is 4.67. The molecular weight excluding hydrogens is 230 g/mol. The summed E-state index contributed by atoms with van der Waals surface area (Å²) in [6.45, 7) is 5.50. The molecule has 18 heavy (non-hydrogen) atoms. The Morgan fingerprint density at radius 1 is 1.28 bits per heavy atom. The van der Waals surface area contributed by atoms with E-state index in [9.17, 15) is 0 Å². The van der Waals surface area contributed by atoms with Crippen molar-refractivity contribution in [1.29, 1.82) is 0 Å². The molecule has 100 valence electrons. The van der Waals surface area contributed by atoms with Crippen LogP contribution in [0.25, 0.3) is 0 Å². The van der Waals surface area contributed by atoms with Crippen molar-refractivity contribution in [3.05, 3.63) is 11.4 Å². The van der Waals surface area contributed by atoms with Gasteiger partial charge in [0.25, 0.3) is 0 Å². The third-order valence-electron chi connectivity index (χ3n) is 3.44. The van der Waals surface area contributed by atoms with Crippen molar-refractivity contribution >= 4 is 11.6 Å². The summed E-state index contributed by atoms with van der Waals surface area (Å²) in [6, 6.07) is 0.470. The number of hydrazine groups is 1. The molecule has 1 fully saturated rings. The van der Waals surface area contributed by atoms with Crippen molar-refractivity contribution in [2.45, 2.75) is 32.7 Å². The van der Waals surface area contributed by atoms with Crippen LogP contribution in [0.2, 0.25) is 0 Å². The highest BCUT2D eigenvalue weighted by Crippen LogP contribution is 2.26. The third kappa shape index (κ3) is 2.54. The number of hydrogen-bond donors (Lipinski definition) is 2. The summed E-state index contributed by atoms with van der Waals surface area (Å²) in [4.78, 5) is 11.0. The van der Waals surface area contributed by atoms with Gasteiger partial charge in [-0.25, -0.2) is 15.8 Å². The molecular formula is C12H21N5O. The molecule has 1 saturated heterocycles. The van der Waals surface area contributed by atoms with Crippen LogP contribution in [-0.2, 0) is 4.74 Å².